The van der Waals surface area contributed by atoms with Gasteiger partial charge in [0, 0.05) is 31.6 Å². The fourth-order valence-corrected chi connectivity index (χ4v) is 5.14. The monoisotopic (exact) mass is 480 g/mol. The Kier molecular flexibility index (Phi) is 8.02. The van der Waals surface area contributed by atoms with Crippen molar-refractivity contribution in [3.63, 3.8) is 0 Å². The van der Waals surface area contributed by atoms with E-state index in [9.17, 15) is 19.5 Å². The summed E-state index contributed by atoms with van der Waals surface area (Å²) < 4.78 is 10.6. The van der Waals surface area contributed by atoms with E-state index in [1.54, 1.807) is 7.11 Å². The molecule has 8 nitrogen and oxygen atoms in total. The van der Waals surface area contributed by atoms with Crippen molar-refractivity contribution in [2.45, 2.75) is 50.1 Å². The molecule has 0 saturated heterocycles. The molecule has 2 aliphatic carbocycles. The zero-order valence-corrected chi connectivity index (χ0v) is 19.9. The lowest BCUT2D eigenvalue weighted by Crippen LogP contribution is -2.43. The number of carboxylic acid groups (broad SMARTS) is 1. The molecule has 3 N–H and O–H groups in total. The van der Waals surface area contributed by atoms with E-state index >= 15 is 0 Å². The second-order valence-electron chi connectivity index (χ2n) is 9.21. The van der Waals surface area contributed by atoms with Crippen LogP contribution in [0.1, 0.15) is 49.1 Å². The van der Waals surface area contributed by atoms with Crippen LogP contribution in [0.25, 0.3) is 11.1 Å². The molecule has 2 aromatic rings. The number of hydrogen-bond acceptors (Lipinski definition) is 5. The second kappa shape index (κ2) is 11.4. The number of hydrogen-bond donors (Lipinski definition) is 3. The van der Waals surface area contributed by atoms with Gasteiger partial charge in [-0.1, -0.05) is 48.5 Å². The Balaban J connectivity index is 1.26. The van der Waals surface area contributed by atoms with Crippen molar-refractivity contribution in [1.82, 2.24) is 10.6 Å². The van der Waals surface area contributed by atoms with E-state index in [0.29, 0.717) is 38.7 Å². The predicted molar refractivity (Wildman–Crippen MR) is 130 cm³/mol. The maximum Gasteiger partial charge on any atom is 0.407 e. The Morgan fingerprint density at radius 2 is 1.69 bits per heavy atom. The van der Waals surface area contributed by atoms with Gasteiger partial charge in [0.05, 0.1) is 0 Å². The van der Waals surface area contributed by atoms with Gasteiger partial charge in [0.1, 0.15) is 12.6 Å². The summed E-state index contributed by atoms with van der Waals surface area (Å²) in [5.74, 6) is -1.69. The van der Waals surface area contributed by atoms with Crippen molar-refractivity contribution < 1.29 is 29.0 Å². The van der Waals surface area contributed by atoms with Gasteiger partial charge in [-0.05, 0) is 54.4 Å². The van der Waals surface area contributed by atoms with Crippen LogP contribution in [0.15, 0.2) is 48.5 Å². The summed E-state index contributed by atoms with van der Waals surface area (Å²) in [7, 11) is 1.55. The van der Waals surface area contributed by atoms with Crippen LogP contribution in [0.2, 0.25) is 0 Å². The highest BCUT2D eigenvalue weighted by Gasteiger charge is 2.34. The first-order valence-electron chi connectivity index (χ1n) is 12.1. The van der Waals surface area contributed by atoms with Gasteiger partial charge in [-0.3, -0.25) is 4.79 Å². The normalized spacial score (nSPS) is 19.5. The van der Waals surface area contributed by atoms with Crippen molar-refractivity contribution >= 4 is 18.0 Å². The van der Waals surface area contributed by atoms with Gasteiger partial charge in [0.25, 0.3) is 0 Å². The number of methoxy groups -OCH3 is 1. The summed E-state index contributed by atoms with van der Waals surface area (Å²) in [4.78, 5) is 36.6. The van der Waals surface area contributed by atoms with E-state index in [1.165, 1.54) is 11.1 Å². The lowest BCUT2D eigenvalue weighted by atomic mass is 9.98. The van der Waals surface area contributed by atoms with Crippen molar-refractivity contribution in [3.8, 4) is 11.1 Å². The zero-order chi connectivity index (χ0) is 24.8. The minimum atomic E-state index is -1.05. The number of fused-ring (bicyclic) bond motifs is 3. The Morgan fingerprint density at radius 3 is 2.31 bits per heavy atom. The molecule has 0 bridgehead atoms. The highest BCUT2D eigenvalue weighted by molar-refractivity contribution is 5.85. The Labute approximate surface area is 205 Å². The maximum absolute atomic E-state index is 12.6. The first kappa shape index (κ1) is 24.7. The molecule has 0 aliphatic heterocycles. The predicted octanol–water partition coefficient (Wildman–Crippen LogP) is 3.69. The van der Waals surface area contributed by atoms with Crippen LogP contribution in [0.5, 0.6) is 0 Å². The number of ether oxygens (including phenoxy) is 2. The smallest absolute Gasteiger partial charge is 0.407 e. The third kappa shape index (κ3) is 5.82. The number of carboxylic acids is 1. The van der Waals surface area contributed by atoms with Gasteiger partial charge in [0.15, 0.2) is 0 Å². The Bertz CT molecular complexity index is 1030. The van der Waals surface area contributed by atoms with E-state index in [1.807, 2.05) is 24.3 Å². The summed E-state index contributed by atoms with van der Waals surface area (Å²) >= 11 is 0. The van der Waals surface area contributed by atoms with Gasteiger partial charge in [0.2, 0.25) is 5.91 Å². The van der Waals surface area contributed by atoms with Gasteiger partial charge >= 0.3 is 12.1 Å². The summed E-state index contributed by atoms with van der Waals surface area (Å²) in [6.07, 6.45) is 2.04. The molecule has 1 fully saturated rings. The molecule has 3 atom stereocenters. The molecule has 0 heterocycles. The molecular formula is C27H32N2O6. The summed E-state index contributed by atoms with van der Waals surface area (Å²) in [6, 6.07) is 15.2. The zero-order valence-electron chi connectivity index (χ0n) is 19.9. The van der Waals surface area contributed by atoms with Gasteiger partial charge < -0.3 is 25.2 Å². The van der Waals surface area contributed by atoms with E-state index in [-0.39, 0.29) is 30.4 Å². The molecule has 4 rings (SSSR count). The molecule has 8 heteroatoms. The molecule has 0 aromatic heterocycles. The van der Waals surface area contributed by atoms with Crippen LogP contribution < -0.4 is 10.6 Å². The number of amides is 2. The third-order valence-electron chi connectivity index (χ3n) is 6.92. The van der Waals surface area contributed by atoms with E-state index < -0.39 is 18.1 Å². The molecule has 2 aliphatic rings. The third-order valence-corrected chi connectivity index (χ3v) is 6.92. The number of benzene rings is 2. The molecule has 3 unspecified atom stereocenters. The van der Waals surface area contributed by atoms with Crippen molar-refractivity contribution in [1.29, 1.82) is 0 Å². The highest BCUT2D eigenvalue weighted by atomic mass is 16.5. The second-order valence-corrected chi connectivity index (χ2v) is 9.21. The molecule has 0 radical (unpaired) electrons. The molecule has 1 saturated carbocycles. The lowest BCUT2D eigenvalue weighted by Gasteiger charge is -2.18. The standard InChI is InChI=1S/C27H32N2O6/c1-34-14-6-11-24(26(31)32)29-25(30)17-12-13-18(15-17)28-27(33)35-16-23-21-9-4-2-7-19(21)20-8-3-5-10-22(20)23/h2-5,7-10,17-18,23-24H,6,11-16H2,1H3,(H,28,33)(H,29,30)(H,31,32). The molecule has 2 aromatic carbocycles. The highest BCUT2D eigenvalue weighted by Crippen LogP contribution is 2.44. The number of rotatable bonds is 10. The first-order valence-corrected chi connectivity index (χ1v) is 12.1. The molecule has 2 amide bonds. The number of nitrogens with one attached hydrogen (secondary N) is 2. The van der Waals surface area contributed by atoms with Gasteiger partial charge in [-0.2, -0.15) is 0 Å². The van der Waals surface area contributed by atoms with E-state index in [0.717, 1.165) is 11.1 Å². The first-order chi connectivity index (χ1) is 17.0. The van der Waals surface area contributed by atoms with Crippen LogP contribution in [0, 0.1) is 5.92 Å². The van der Waals surface area contributed by atoms with Crippen LogP contribution in [0.4, 0.5) is 4.79 Å². The number of carbonyl (C=O) groups is 3. The van der Waals surface area contributed by atoms with Crippen LogP contribution in [-0.2, 0) is 19.1 Å². The van der Waals surface area contributed by atoms with Gasteiger partial charge in [-0.15, -0.1) is 0 Å². The Morgan fingerprint density at radius 1 is 1.03 bits per heavy atom. The Hall–Kier alpha value is -3.39. The van der Waals surface area contributed by atoms with Gasteiger partial charge in [-0.25, -0.2) is 9.59 Å². The summed E-state index contributed by atoms with van der Waals surface area (Å²) in [5.41, 5.74) is 4.64. The molecule has 186 valence electrons. The minimum absolute atomic E-state index is 0.0127. The quantitative estimate of drug-likeness (QED) is 0.447. The molecule has 0 spiro atoms. The number of alkyl carbamates (subject to hydrolysis) is 1. The maximum atomic E-state index is 12.6. The molecule has 35 heavy (non-hydrogen) atoms. The summed E-state index contributed by atoms with van der Waals surface area (Å²) in [5, 5.41) is 14.9. The van der Waals surface area contributed by atoms with Crippen molar-refractivity contribution in [2.24, 2.45) is 5.92 Å². The fraction of sp³-hybridized carbons (Fsp3) is 0.444. The number of carbonyl (C=O) groups excluding carboxylic acids is 2. The van der Waals surface area contributed by atoms with E-state index in [2.05, 4.69) is 34.9 Å². The summed E-state index contributed by atoms with van der Waals surface area (Å²) in [6.45, 7) is 0.674. The average Bonchev–Trinajstić information content (AvgIpc) is 3.45. The lowest BCUT2D eigenvalue weighted by molar-refractivity contribution is -0.142. The van der Waals surface area contributed by atoms with Crippen LogP contribution in [-0.4, -0.2) is 55.5 Å². The average molecular weight is 481 g/mol. The molecular weight excluding hydrogens is 448 g/mol. The largest absolute Gasteiger partial charge is 0.480 e. The fourth-order valence-electron chi connectivity index (χ4n) is 5.14. The van der Waals surface area contributed by atoms with Crippen LogP contribution in [0.3, 0.4) is 0 Å². The van der Waals surface area contributed by atoms with Crippen molar-refractivity contribution in [2.75, 3.05) is 20.3 Å². The van der Waals surface area contributed by atoms with E-state index in [4.69, 9.17) is 9.47 Å². The minimum Gasteiger partial charge on any atom is -0.480 e. The topological polar surface area (TPSA) is 114 Å². The van der Waals surface area contributed by atoms with Crippen LogP contribution >= 0.6 is 0 Å². The SMILES string of the molecule is COCCCC(NC(=O)C1CCC(NC(=O)OCC2c3ccccc3-c3ccccc32)C1)C(=O)O. The number of aliphatic carboxylic acids is 1. The van der Waals surface area contributed by atoms with Crippen molar-refractivity contribution in [3.05, 3.63) is 59.7 Å².